The Morgan fingerprint density at radius 3 is 2.86 bits per heavy atom. The van der Waals surface area contributed by atoms with Gasteiger partial charge in [0, 0.05) is 12.6 Å². The summed E-state index contributed by atoms with van der Waals surface area (Å²) in [6.07, 6.45) is 5.78. The molecule has 1 aliphatic carbocycles. The van der Waals surface area contributed by atoms with Crippen molar-refractivity contribution in [1.29, 1.82) is 0 Å². The molecule has 0 radical (unpaired) electrons. The van der Waals surface area contributed by atoms with Crippen molar-refractivity contribution in [3.05, 3.63) is 29.6 Å². The topological polar surface area (TPSA) is 30.0 Å². The largest absolute Gasteiger partial charge is 0.299 e. The van der Waals surface area contributed by atoms with Gasteiger partial charge in [0.15, 0.2) is 0 Å². The van der Waals surface area contributed by atoms with E-state index in [1.54, 1.807) is 0 Å². The molecule has 14 heavy (non-hydrogen) atoms. The molecule has 1 aliphatic rings. The summed E-state index contributed by atoms with van der Waals surface area (Å²) in [5.74, 6) is 0.442. The molecule has 1 aromatic heterocycles. The molecule has 1 heterocycles. The van der Waals surface area contributed by atoms with Crippen molar-refractivity contribution in [2.75, 3.05) is 0 Å². The molecule has 2 heteroatoms. The molecule has 0 unspecified atom stereocenters. The maximum atomic E-state index is 11.6. The lowest BCUT2D eigenvalue weighted by Gasteiger charge is -2.19. The predicted octanol–water partition coefficient (Wildman–Crippen LogP) is 2.62. The number of carbonyl (C=O) groups excluding carboxylic acids is 1. The first kappa shape index (κ1) is 9.38. The van der Waals surface area contributed by atoms with Gasteiger partial charge in [-0.05, 0) is 31.4 Å². The maximum absolute atomic E-state index is 11.6. The molecule has 0 bridgehead atoms. The van der Waals surface area contributed by atoms with Gasteiger partial charge < -0.3 is 0 Å². The van der Waals surface area contributed by atoms with Crippen molar-refractivity contribution in [3.63, 3.8) is 0 Å². The Bertz CT molecular complexity index is 329. The lowest BCUT2D eigenvalue weighted by Crippen LogP contribution is -2.17. The van der Waals surface area contributed by atoms with E-state index in [0.29, 0.717) is 5.78 Å². The third kappa shape index (κ3) is 1.84. The molecule has 0 N–H and O–H groups in total. The molecule has 0 aromatic carbocycles. The van der Waals surface area contributed by atoms with Crippen LogP contribution in [0.15, 0.2) is 18.3 Å². The highest BCUT2D eigenvalue weighted by molar-refractivity contribution is 5.85. The molecule has 74 valence electrons. The summed E-state index contributed by atoms with van der Waals surface area (Å²) in [6, 6.07) is 4.02. The first-order valence-corrected chi connectivity index (χ1v) is 5.22. The van der Waals surface area contributed by atoms with Crippen LogP contribution >= 0.6 is 0 Å². The van der Waals surface area contributed by atoms with Crippen LogP contribution in [0.3, 0.4) is 0 Å². The van der Waals surface area contributed by atoms with Gasteiger partial charge in [0.05, 0.1) is 11.6 Å². The number of Topliss-reactive ketones (excluding diaryl/α,β-unsaturated/α-hetero) is 1. The lowest BCUT2D eigenvalue weighted by molar-refractivity contribution is -0.121. The molecular formula is C12H15NO. The Balaban J connectivity index is 2.20. The highest BCUT2D eigenvalue weighted by atomic mass is 16.1. The monoisotopic (exact) mass is 189 g/mol. The number of rotatable bonds is 1. The Labute approximate surface area is 84.4 Å². The van der Waals surface area contributed by atoms with E-state index in [2.05, 4.69) is 4.98 Å². The van der Waals surface area contributed by atoms with Gasteiger partial charge in [0.1, 0.15) is 5.78 Å². The fraction of sp³-hybridized carbons (Fsp3) is 0.500. The molecule has 1 saturated carbocycles. The molecule has 1 fully saturated rings. The lowest BCUT2D eigenvalue weighted by atomic mass is 9.85. The molecule has 1 atom stereocenters. The van der Waals surface area contributed by atoms with Crippen LogP contribution in [0, 0.1) is 6.92 Å². The molecule has 2 rings (SSSR count). The minimum Gasteiger partial charge on any atom is -0.299 e. The maximum Gasteiger partial charge on any atom is 0.141 e. The summed E-state index contributed by atoms with van der Waals surface area (Å²) in [5.41, 5.74) is 2.11. The van der Waals surface area contributed by atoms with Crippen molar-refractivity contribution in [2.24, 2.45) is 0 Å². The van der Waals surface area contributed by atoms with Crippen LogP contribution in [-0.2, 0) is 4.79 Å². The van der Waals surface area contributed by atoms with Gasteiger partial charge in [-0.15, -0.1) is 0 Å². The van der Waals surface area contributed by atoms with Crippen molar-refractivity contribution >= 4 is 5.78 Å². The van der Waals surface area contributed by atoms with E-state index in [1.807, 2.05) is 25.3 Å². The smallest absolute Gasteiger partial charge is 0.141 e. The average Bonchev–Trinajstić information content (AvgIpc) is 2.20. The number of hydrogen-bond donors (Lipinski definition) is 0. The second kappa shape index (κ2) is 3.91. The second-order valence-corrected chi connectivity index (χ2v) is 4.03. The van der Waals surface area contributed by atoms with Crippen LogP contribution in [0.2, 0.25) is 0 Å². The van der Waals surface area contributed by atoms with Gasteiger partial charge in [-0.1, -0.05) is 12.5 Å². The number of ketones is 1. The normalized spacial score (nSPS) is 22.4. The van der Waals surface area contributed by atoms with Crippen molar-refractivity contribution < 1.29 is 4.79 Å². The average molecular weight is 189 g/mol. The van der Waals surface area contributed by atoms with E-state index in [-0.39, 0.29) is 5.92 Å². The minimum absolute atomic E-state index is 0.0735. The summed E-state index contributed by atoms with van der Waals surface area (Å²) < 4.78 is 0. The third-order valence-electron chi connectivity index (χ3n) is 2.85. The van der Waals surface area contributed by atoms with Crippen molar-refractivity contribution in [3.8, 4) is 0 Å². The van der Waals surface area contributed by atoms with Crippen LogP contribution in [0.25, 0.3) is 0 Å². The molecule has 0 amide bonds. The Kier molecular flexibility index (Phi) is 2.62. The second-order valence-electron chi connectivity index (χ2n) is 4.03. The van der Waals surface area contributed by atoms with Gasteiger partial charge in [0.2, 0.25) is 0 Å². The number of aromatic nitrogens is 1. The molecular weight excluding hydrogens is 174 g/mol. The fourth-order valence-electron chi connectivity index (χ4n) is 1.98. The van der Waals surface area contributed by atoms with Crippen LogP contribution in [0.5, 0.6) is 0 Å². The number of aryl methyl sites for hydroxylation is 1. The number of nitrogens with zero attached hydrogens (tertiary/aromatic N) is 1. The van der Waals surface area contributed by atoms with Gasteiger partial charge in [-0.25, -0.2) is 0 Å². The molecule has 1 aromatic rings. The third-order valence-corrected chi connectivity index (χ3v) is 2.85. The summed E-state index contributed by atoms with van der Waals surface area (Å²) in [6.45, 7) is 2.01. The number of pyridine rings is 1. The molecule has 0 aliphatic heterocycles. The van der Waals surface area contributed by atoms with E-state index >= 15 is 0 Å². The Morgan fingerprint density at radius 2 is 2.21 bits per heavy atom. The SMILES string of the molecule is Cc1ccc([C@H]2CCCCC2=O)nc1. The quantitative estimate of drug-likeness (QED) is 0.679. The first-order valence-electron chi connectivity index (χ1n) is 5.22. The van der Waals surface area contributed by atoms with Crippen LogP contribution in [0.4, 0.5) is 0 Å². The Morgan fingerprint density at radius 1 is 1.36 bits per heavy atom. The highest BCUT2D eigenvalue weighted by Gasteiger charge is 2.24. The summed E-state index contributed by atoms with van der Waals surface area (Å²) in [7, 11) is 0. The van der Waals surface area contributed by atoms with Crippen LogP contribution in [0.1, 0.15) is 42.9 Å². The Hall–Kier alpha value is -1.18. The number of hydrogen-bond acceptors (Lipinski definition) is 2. The van der Waals surface area contributed by atoms with E-state index < -0.39 is 0 Å². The van der Waals surface area contributed by atoms with Gasteiger partial charge in [-0.2, -0.15) is 0 Å². The van der Waals surface area contributed by atoms with E-state index in [4.69, 9.17) is 0 Å². The number of carbonyl (C=O) groups is 1. The summed E-state index contributed by atoms with van der Waals surface area (Å²) in [5, 5.41) is 0. The van der Waals surface area contributed by atoms with E-state index in [0.717, 1.165) is 36.9 Å². The van der Waals surface area contributed by atoms with Crippen LogP contribution < -0.4 is 0 Å². The van der Waals surface area contributed by atoms with E-state index in [1.165, 1.54) is 0 Å². The first-order chi connectivity index (χ1) is 6.77. The fourth-order valence-corrected chi connectivity index (χ4v) is 1.98. The minimum atomic E-state index is 0.0735. The zero-order valence-electron chi connectivity index (χ0n) is 8.49. The molecule has 0 spiro atoms. The molecule has 0 saturated heterocycles. The van der Waals surface area contributed by atoms with Gasteiger partial charge >= 0.3 is 0 Å². The predicted molar refractivity (Wildman–Crippen MR) is 55.2 cm³/mol. The van der Waals surface area contributed by atoms with E-state index in [9.17, 15) is 4.79 Å². The molecule has 2 nitrogen and oxygen atoms in total. The summed E-state index contributed by atoms with van der Waals surface area (Å²) in [4.78, 5) is 16.0. The van der Waals surface area contributed by atoms with Gasteiger partial charge in [-0.3, -0.25) is 9.78 Å². The highest BCUT2D eigenvalue weighted by Crippen LogP contribution is 2.28. The van der Waals surface area contributed by atoms with Crippen molar-refractivity contribution in [2.45, 2.75) is 38.5 Å². The summed E-state index contributed by atoms with van der Waals surface area (Å²) >= 11 is 0. The van der Waals surface area contributed by atoms with Gasteiger partial charge in [0.25, 0.3) is 0 Å². The zero-order chi connectivity index (χ0) is 9.97. The van der Waals surface area contributed by atoms with Crippen molar-refractivity contribution in [1.82, 2.24) is 4.98 Å². The van der Waals surface area contributed by atoms with Crippen LogP contribution in [-0.4, -0.2) is 10.8 Å². The standard InChI is InChI=1S/C12H15NO/c1-9-6-7-11(13-8-9)10-4-2-3-5-12(10)14/h6-8,10H,2-5H2,1H3/t10-/m1/s1. The zero-order valence-corrected chi connectivity index (χ0v) is 8.49.